The van der Waals surface area contributed by atoms with E-state index in [0.29, 0.717) is 0 Å². The molecule has 0 radical (unpaired) electrons. The van der Waals surface area contributed by atoms with Crippen molar-refractivity contribution < 1.29 is 0 Å². The van der Waals surface area contributed by atoms with Crippen molar-refractivity contribution >= 4 is 16.8 Å². The van der Waals surface area contributed by atoms with Gasteiger partial charge in [-0.25, -0.2) is 0 Å². The summed E-state index contributed by atoms with van der Waals surface area (Å²) >= 11 is 0. The molecule has 0 spiro atoms. The van der Waals surface area contributed by atoms with Crippen LogP contribution in [0.2, 0.25) is 0 Å². The summed E-state index contributed by atoms with van der Waals surface area (Å²) in [6, 6.07) is 23.5. The lowest BCUT2D eigenvalue weighted by molar-refractivity contribution is 0.945. The van der Waals surface area contributed by atoms with Crippen LogP contribution in [0.3, 0.4) is 0 Å². The Bertz CT molecular complexity index is 842. The number of hydrogen-bond acceptors (Lipinski definition) is 1. The van der Waals surface area contributed by atoms with E-state index in [1.807, 2.05) is 6.07 Å². The Hall–Kier alpha value is -2.41. The van der Waals surface area contributed by atoms with Gasteiger partial charge in [0.15, 0.2) is 0 Å². The molecule has 0 amide bonds. The second-order valence-electron chi connectivity index (χ2n) is 4.91. The highest BCUT2D eigenvalue weighted by molar-refractivity contribution is 5.83. The van der Waals surface area contributed by atoms with Gasteiger partial charge in [-0.15, -0.1) is 0 Å². The van der Waals surface area contributed by atoms with Crippen LogP contribution in [0.4, 0.5) is 0 Å². The standard InChI is InChI=1S/C18H13N/c1-2-6-14-11-16(10-9-13(14)5-1)18-12-15-7-3-4-8-17(15)19-18/h1-12,18H/t18-/m0/s1. The number of benzene rings is 3. The Labute approximate surface area is 111 Å². The molecule has 0 aromatic heterocycles. The van der Waals surface area contributed by atoms with Crippen molar-refractivity contribution in [3.8, 4) is 0 Å². The van der Waals surface area contributed by atoms with Crippen LogP contribution in [-0.4, -0.2) is 0 Å². The molecule has 0 aliphatic carbocycles. The monoisotopic (exact) mass is 243 g/mol. The Kier molecular flexibility index (Phi) is 2.25. The van der Waals surface area contributed by atoms with Crippen molar-refractivity contribution in [3.05, 3.63) is 82.9 Å². The van der Waals surface area contributed by atoms with Crippen LogP contribution in [0.15, 0.2) is 71.7 Å². The van der Waals surface area contributed by atoms with E-state index in [1.54, 1.807) is 0 Å². The minimum absolute atomic E-state index is 0.155. The molecule has 3 aromatic rings. The van der Waals surface area contributed by atoms with E-state index in [-0.39, 0.29) is 6.04 Å². The van der Waals surface area contributed by atoms with Crippen LogP contribution in [0.5, 0.6) is 0 Å². The molecule has 0 saturated heterocycles. The normalized spacial score (nSPS) is 16.7. The van der Waals surface area contributed by atoms with Crippen LogP contribution in [0.1, 0.15) is 11.6 Å². The van der Waals surface area contributed by atoms with E-state index in [0.717, 1.165) is 5.36 Å². The molecule has 3 aromatic carbocycles. The zero-order valence-corrected chi connectivity index (χ0v) is 10.5. The quantitative estimate of drug-likeness (QED) is 0.623. The molecule has 0 N–H and O–H groups in total. The fraction of sp³-hybridized carbons (Fsp3) is 0.0556. The minimum atomic E-state index is 0.155. The first-order valence-corrected chi connectivity index (χ1v) is 6.54. The average molecular weight is 243 g/mol. The molecular formula is C18H13N. The van der Waals surface area contributed by atoms with Crippen LogP contribution in [0.25, 0.3) is 16.8 Å². The maximum atomic E-state index is 4.77. The molecule has 19 heavy (non-hydrogen) atoms. The molecule has 90 valence electrons. The minimum Gasteiger partial charge on any atom is -0.272 e. The maximum Gasteiger partial charge on any atom is 0.0947 e. The molecule has 0 saturated carbocycles. The van der Waals surface area contributed by atoms with Crippen LogP contribution in [0, 0.1) is 0 Å². The SMILES string of the molecule is C1=c2ccccc2=N[C@@H]1c1ccc2ccccc2c1. The maximum absolute atomic E-state index is 4.77. The highest BCUT2D eigenvalue weighted by atomic mass is 14.8. The lowest BCUT2D eigenvalue weighted by Crippen LogP contribution is -2.19. The topological polar surface area (TPSA) is 12.4 Å². The zero-order chi connectivity index (χ0) is 12.7. The van der Waals surface area contributed by atoms with Gasteiger partial charge in [0, 0.05) is 0 Å². The molecule has 1 aliphatic rings. The van der Waals surface area contributed by atoms with Crippen molar-refractivity contribution in [1.82, 2.24) is 0 Å². The second kappa shape index (κ2) is 4.06. The Morgan fingerprint density at radius 1 is 0.737 bits per heavy atom. The average Bonchev–Trinajstić information content (AvgIpc) is 2.90. The third-order valence-electron chi connectivity index (χ3n) is 3.67. The van der Waals surface area contributed by atoms with Gasteiger partial charge in [0.25, 0.3) is 0 Å². The summed E-state index contributed by atoms with van der Waals surface area (Å²) in [5, 5.41) is 4.89. The van der Waals surface area contributed by atoms with Crippen molar-refractivity contribution in [3.63, 3.8) is 0 Å². The highest BCUT2D eigenvalue weighted by Crippen LogP contribution is 2.24. The summed E-state index contributed by atoms with van der Waals surface area (Å²) in [5.41, 5.74) is 1.26. The first-order chi connectivity index (χ1) is 9.40. The summed E-state index contributed by atoms with van der Waals surface area (Å²) in [6.45, 7) is 0. The van der Waals surface area contributed by atoms with Gasteiger partial charge in [-0.3, -0.25) is 4.99 Å². The van der Waals surface area contributed by atoms with Gasteiger partial charge in [-0.2, -0.15) is 0 Å². The molecular weight excluding hydrogens is 230 g/mol. The Balaban J connectivity index is 1.86. The Morgan fingerprint density at radius 3 is 2.42 bits per heavy atom. The van der Waals surface area contributed by atoms with E-state index >= 15 is 0 Å². The molecule has 0 fully saturated rings. The summed E-state index contributed by atoms with van der Waals surface area (Å²) in [6.07, 6.45) is 2.24. The summed E-state index contributed by atoms with van der Waals surface area (Å²) < 4.78 is 0. The molecule has 0 bridgehead atoms. The Morgan fingerprint density at radius 2 is 1.53 bits per heavy atom. The van der Waals surface area contributed by atoms with E-state index < -0.39 is 0 Å². The third-order valence-corrected chi connectivity index (χ3v) is 3.67. The number of fused-ring (bicyclic) bond motifs is 2. The van der Waals surface area contributed by atoms with Gasteiger partial charge >= 0.3 is 0 Å². The molecule has 1 heteroatoms. The van der Waals surface area contributed by atoms with Crippen molar-refractivity contribution in [2.24, 2.45) is 4.99 Å². The van der Waals surface area contributed by atoms with Crippen molar-refractivity contribution in [2.45, 2.75) is 6.04 Å². The molecule has 1 heterocycles. The van der Waals surface area contributed by atoms with Gasteiger partial charge in [0.1, 0.15) is 0 Å². The van der Waals surface area contributed by atoms with E-state index in [1.165, 1.54) is 21.6 Å². The smallest absolute Gasteiger partial charge is 0.0947 e. The van der Waals surface area contributed by atoms with Crippen molar-refractivity contribution in [1.29, 1.82) is 0 Å². The lowest BCUT2D eigenvalue weighted by Gasteiger charge is -2.06. The summed E-state index contributed by atoms with van der Waals surface area (Å²) in [4.78, 5) is 4.77. The summed E-state index contributed by atoms with van der Waals surface area (Å²) in [7, 11) is 0. The lowest BCUT2D eigenvalue weighted by atomic mass is 10.0. The van der Waals surface area contributed by atoms with Gasteiger partial charge < -0.3 is 0 Å². The van der Waals surface area contributed by atoms with Crippen LogP contribution < -0.4 is 10.6 Å². The van der Waals surface area contributed by atoms with Crippen LogP contribution in [-0.2, 0) is 0 Å². The predicted octanol–water partition coefficient (Wildman–Crippen LogP) is 2.99. The predicted molar refractivity (Wildman–Crippen MR) is 78.4 cm³/mol. The fourth-order valence-electron chi connectivity index (χ4n) is 2.67. The molecule has 1 aliphatic heterocycles. The molecule has 1 nitrogen and oxygen atoms in total. The number of para-hydroxylation sites is 1. The first-order valence-electron chi connectivity index (χ1n) is 6.54. The van der Waals surface area contributed by atoms with E-state index in [9.17, 15) is 0 Å². The van der Waals surface area contributed by atoms with Crippen molar-refractivity contribution in [2.75, 3.05) is 0 Å². The van der Waals surface area contributed by atoms with E-state index in [2.05, 4.69) is 66.7 Å². The number of hydrogen-bond donors (Lipinski definition) is 0. The van der Waals surface area contributed by atoms with Crippen LogP contribution >= 0.6 is 0 Å². The summed E-state index contributed by atoms with van der Waals surface area (Å²) in [5.74, 6) is 0. The largest absolute Gasteiger partial charge is 0.272 e. The molecule has 1 atom stereocenters. The van der Waals surface area contributed by atoms with E-state index in [4.69, 9.17) is 4.99 Å². The zero-order valence-electron chi connectivity index (χ0n) is 10.5. The molecule has 0 unspecified atom stereocenters. The van der Waals surface area contributed by atoms with Gasteiger partial charge in [-0.1, -0.05) is 54.6 Å². The van der Waals surface area contributed by atoms with Gasteiger partial charge in [0.2, 0.25) is 0 Å². The molecule has 4 rings (SSSR count). The first kappa shape index (κ1) is 10.5. The number of nitrogens with zero attached hydrogens (tertiary/aromatic N) is 1. The van der Waals surface area contributed by atoms with Gasteiger partial charge in [-0.05, 0) is 39.8 Å². The third kappa shape index (κ3) is 1.75. The second-order valence-corrected chi connectivity index (χ2v) is 4.91. The fourth-order valence-corrected chi connectivity index (χ4v) is 2.67. The highest BCUT2D eigenvalue weighted by Gasteiger charge is 2.11. The number of rotatable bonds is 1. The van der Waals surface area contributed by atoms with Gasteiger partial charge in [0.05, 0.1) is 11.4 Å².